The summed E-state index contributed by atoms with van der Waals surface area (Å²) in [5, 5.41) is 20.9. The molecule has 0 bridgehead atoms. The molecular weight excluding hydrogens is 260 g/mol. The lowest BCUT2D eigenvalue weighted by Gasteiger charge is -2.23. The highest BCUT2D eigenvalue weighted by molar-refractivity contribution is 5.52. The summed E-state index contributed by atoms with van der Waals surface area (Å²) in [6.45, 7) is 5.96. The fourth-order valence-electron chi connectivity index (χ4n) is 2.53. The first-order chi connectivity index (χ1) is 10.9. The highest BCUT2D eigenvalue weighted by atomic mass is 16.3. The van der Waals surface area contributed by atoms with Gasteiger partial charge in [0.25, 0.3) is 0 Å². The van der Waals surface area contributed by atoms with Crippen molar-refractivity contribution in [2.24, 2.45) is 0 Å². The highest BCUT2D eigenvalue weighted by Gasteiger charge is 2.20. The summed E-state index contributed by atoms with van der Waals surface area (Å²) in [6.07, 6.45) is 3.51. The Bertz CT molecular complexity index is 520. The average molecular weight is 292 g/mol. The molecule has 1 aromatic rings. The number of aliphatic hydroxyl groups is 2. The van der Waals surface area contributed by atoms with Crippen molar-refractivity contribution < 1.29 is 13.0 Å². The fourth-order valence-corrected chi connectivity index (χ4v) is 2.53. The molecule has 1 atom stereocenters. The molecular formula is C19H30O2. The second kappa shape index (κ2) is 9.01. The zero-order valence-electron chi connectivity index (χ0n) is 15.5. The van der Waals surface area contributed by atoms with Crippen LogP contribution in [-0.2, 0) is 0 Å². The summed E-state index contributed by atoms with van der Waals surface area (Å²) in [4.78, 5) is 0. The van der Waals surface area contributed by atoms with E-state index in [0.717, 1.165) is 24.8 Å². The maximum Gasteiger partial charge on any atom is 0.0830 e. The number of aliphatic hydroxyl groups excluding tert-OH is 1. The van der Waals surface area contributed by atoms with Gasteiger partial charge in [0, 0.05) is 0 Å². The molecule has 0 fully saturated rings. The molecule has 0 spiro atoms. The summed E-state index contributed by atoms with van der Waals surface area (Å²) in [7, 11) is 0. The van der Waals surface area contributed by atoms with E-state index in [1.807, 2.05) is 26.8 Å². The zero-order chi connectivity index (χ0) is 17.5. The molecule has 0 radical (unpaired) electrons. The monoisotopic (exact) mass is 292 g/mol. The van der Waals surface area contributed by atoms with Crippen LogP contribution in [-0.4, -0.2) is 15.8 Å². The summed E-state index contributed by atoms with van der Waals surface area (Å²) in [5.41, 5.74) is 0.100. The van der Waals surface area contributed by atoms with Crippen molar-refractivity contribution in [3.63, 3.8) is 0 Å². The van der Waals surface area contributed by atoms with Crippen LogP contribution in [0.25, 0.3) is 6.05 Å². The smallest absolute Gasteiger partial charge is 0.0830 e. The lowest BCUT2D eigenvalue weighted by atomic mass is 9.91. The third kappa shape index (κ3) is 6.03. The molecule has 118 valence electrons. The van der Waals surface area contributed by atoms with Crippen LogP contribution in [0, 0.1) is 0 Å². The second-order valence-electron chi connectivity index (χ2n) is 5.71. The molecule has 1 unspecified atom stereocenters. The Morgan fingerprint density at radius 1 is 1.19 bits per heavy atom. The van der Waals surface area contributed by atoms with Gasteiger partial charge < -0.3 is 10.2 Å². The average Bonchev–Trinajstić information content (AvgIpc) is 2.54. The van der Waals surface area contributed by atoms with Crippen molar-refractivity contribution >= 4 is 6.05 Å². The van der Waals surface area contributed by atoms with Crippen molar-refractivity contribution in [2.45, 2.75) is 71.0 Å². The Kier molecular flexibility index (Phi) is 6.35. The van der Waals surface area contributed by atoms with E-state index in [1.165, 1.54) is 0 Å². The fraction of sp³-hybridized carbons (Fsp3) is 0.579. The van der Waals surface area contributed by atoms with Crippen LogP contribution in [0.5, 0.6) is 0 Å². The van der Waals surface area contributed by atoms with E-state index in [4.69, 9.17) is 2.74 Å². The van der Waals surface area contributed by atoms with Crippen molar-refractivity contribution in [1.82, 2.24) is 0 Å². The van der Waals surface area contributed by atoms with E-state index in [-0.39, 0.29) is 12.1 Å². The number of hydrogen-bond donors (Lipinski definition) is 2. The number of benzene rings is 1. The minimum Gasteiger partial charge on any atom is -0.388 e. The van der Waals surface area contributed by atoms with E-state index in [1.54, 1.807) is 18.2 Å². The maximum absolute atomic E-state index is 10.8. The molecule has 2 N–H and O–H groups in total. The molecule has 0 saturated heterocycles. The van der Waals surface area contributed by atoms with Crippen molar-refractivity contribution in [3.05, 3.63) is 41.4 Å². The third-order valence-corrected chi connectivity index (χ3v) is 3.60. The standard InChI is InChI=1S/C19H30O2/c1-4-8-18(20)17-10-7-9-16(15-17)11-14-19(21,12-5-2)13-6-3/h7,9-11,14-15,18,20-21H,4-6,8,12-13H2,1-3H3/b14-11+/i11D,14D. The van der Waals surface area contributed by atoms with E-state index >= 15 is 0 Å². The van der Waals surface area contributed by atoms with Crippen LogP contribution in [0.3, 0.4) is 0 Å². The van der Waals surface area contributed by atoms with Crippen LogP contribution in [0.4, 0.5) is 0 Å². The van der Waals surface area contributed by atoms with Gasteiger partial charge in [-0.3, -0.25) is 0 Å². The molecule has 0 aromatic heterocycles. The third-order valence-electron chi connectivity index (χ3n) is 3.60. The number of hydrogen-bond acceptors (Lipinski definition) is 2. The van der Waals surface area contributed by atoms with Gasteiger partial charge in [-0.2, -0.15) is 0 Å². The second-order valence-corrected chi connectivity index (χ2v) is 5.71. The van der Waals surface area contributed by atoms with Gasteiger partial charge in [-0.25, -0.2) is 0 Å². The first-order valence-corrected chi connectivity index (χ1v) is 8.08. The molecule has 0 aliphatic heterocycles. The molecule has 1 aromatic carbocycles. The zero-order valence-corrected chi connectivity index (χ0v) is 13.5. The quantitative estimate of drug-likeness (QED) is 0.682. The molecule has 0 amide bonds. The Morgan fingerprint density at radius 2 is 1.86 bits per heavy atom. The Balaban J connectivity index is 3.19. The minimum atomic E-state index is -1.24. The van der Waals surface area contributed by atoms with Crippen molar-refractivity contribution in [2.75, 3.05) is 0 Å². The van der Waals surface area contributed by atoms with Crippen LogP contribution in [0.15, 0.2) is 30.3 Å². The molecule has 0 aliphatic carbocycles. The van der Waals surface area contributed by atoms with Gasteiger partial charge in [-0.05, 0) is 36.5 Å². The SMILES string of the molecule is [2H]/C(=C(/[2H])C(O)(CCC)CCC)c1cccc(C(O)CCC)c1. The lowest BCUT2D eigenvalue weighted by molar-refractivity contribution is 0.0714. The van der Waals surface area contributed by atoms with Crippen molar-refractivity contribution in [1.29, 1.82) is 0 Å². The minimum absolute atomic E-state index is 0.0247. The van der Waals surface area contributed by atoms with E-state index in [0.29, 0.717) is 24.8 Å². The molecule has 21 heavy (non-hydrogen) atoms. The molecule has 2 heteroatoms. The molecule has 0 saturated carbocycles. The first-order valence-electron chi connectivity index (χ1n) is 9.08. The summed E-state index contributed by atoms with van der Waals surface area (Å²) in [6, 6.07) is 7.17. The van der Waals surface area contributed by atoms with Crippen LogP contribution in [0.1, 0.15) is 79.3 Å². The van der Waals surface area contributed by atoms with Gasteiger partial charge >= 0.3 is 0 Å². The largest absolute Gasteiger partial charge is 0.388 e. The predicted molar refractivity (Wildman–Crippen MR) is 90.1 cm³/mol. The molecule has 2 nitrogen and oxygen atoms in total. The molecule has 0 aliphatic rings. The predicted octanol–water partition coefficient (Wildman–Crippen LogP) is 4.86. The lowest BCUT2D eigenvalue weighted by Crippen LogP contribution is -2.24. The van der Waals surface area contributed by atoms with Gasteiger partial charge in [0.05, 0.1) is 14.4 Å². The van der Waals surface area contributed by atoms with E-state index in [9.17, 15) is 10.2 Å². The summed E-state index contributed by atoms with van der Waals surface area (Å²) >= 11 is 0. The summed E-state index contributed by atoms with van der Waals surface area (Å²) in [5.74, 6) is 0. The topological polar surface area (TPSA) is 40.5 Å². The Morgan fingerprint density at radius 3 is 2.43 bits per heavy atom. The van der Waals surface area contributed by atoms with Gasteiger partial charge in [0.15, 0.2) is 0 Å². The first kappa shape index (κ1) is 14.8. The highest BCUT2D eigenvalue weighted by Crippen LogP contribution is 2.24. The van der Waals surface area contributed by atoms with E-state index < -0.39 is 11.7 Å². The number of rotatable bonds is 9. The van der Waals surface area contributed by atoms with Crippen LogP contribution < -0.4 is 0 Å². The maximum atomic E-state index is 10.8. The van der Waals surface area contributed by atoms with Gasteiger partial charge in [-0.1, -0.05) is 70.3 Å². The normalized spacial score (nSPS) is 16.0. The van der Waals surface area contributed by atoms with Crippen LogP contribution >= 0.6 is 0 Å². The van der Waals surface area contributed by atoms with Crippen molar-refractivity contribution in [3.8, 4) is 0 Å². The Hall–Kier alpha value is -1.12. The van der Waals surface area contributed by atoms with Crippen LogP contribution in [0.2, 0.25) is 0 Å². The summed E-state index contributed by atoms with van der Waals surface area (Å²) < 4.78 is 16.6. The van der Waals surface area contributed by atoms with Gasteiger partial charge in [-0.15, -0.1) is 0 Å². The molecule has 1 rings (SSSR count). The molecule has 0 heterocycles. The van der Waals surface area contributed by atoms with E-state index in [2.05, 4.69) is 0 Å². The Labute approximate surface area is 132 Å². The van der Waals surface area contributed by atoms with Gasteiger partial charge in [0.1, 0.15) is 0 Å². The van der Waals surface area contributed by atoms with Gasteiger partial charge in [0.2, 0.25) is 0 Å².